The van der Waals surface area contributed by atoms with Crippen molar-refractivity contribution in [2.75, 3.05) is 25.5 Å². The van der Waals surface area contributed by atoms with Crippen LogP contribution in [-0.4, -0.2) is 42.2 Å². The van der Waals surface area contributed by atoms with Gasteiger partial charge < -0.3 is 20.1 Å². The Hall–Kier alpha value is -2.68. The van der Waals surface area contributed by atoms with Gasteiger partial charge in [0, 0.05) is 13.6 Å². The molecule has 0 aliphatic rings. The third-order valence-corrected chi connectivity index (χ3v) is 2.76. The summed E-state index contributed by atoms with van der Waals surface area (Å²) in [5, 5.41) is 11.5. The third kappa shape index (κ3) is 5.07. The number of ether oxygens (including phenoxy) is 1. The summed E-state index contributed by atoms with van der Waals surface area (Å²) in [5.74, 6) is 1.21. The Morgan fingerprint density at radius 3 is 2.76 bits per heavy atom. The molecule has 0 fully saturated rings. The van der Waals surface area contributed by atoms with Crippen LogP contribution in [0.15, 0.2) is 24.3 Å². The molecule has 0 saturated carbocycles. The van der Waals surface area contributed by atoms with Gasteiger partial charge in [-0.15, -0.1) is 6.42 Å². The van der Waals surface area contributed by atoms with E-state index in [0.717, 1.165) is 0 Å². The number of hydrogen-bond donors (Lipinski definition) is 2. The van der Waals surface area contributed by atoms with Crippen molar-refractivity contribution in [3.63, 3.8) is 0 Å². The Morgan fingerprint density at radius 1 is 1.48 bits per heavy atom. The van der Waals surface area contributed by atoms with Gasteiger partial charge in [0.05, 0.1) is 11.6 Å². The summed E-state index contributed by atoms with van der Waals surface area (Å²) in [6.07, 6.45) is 5.13. The van der Waals surface area contributed by atoms with Crippen molar-refractivity contribution >= 4 is 17.7 Å². The lowest BCUT2D eigenvalue weighted by atomic mass is 10.2. The maximum Gasteiger partial charge on any atom is 0.321 e. The Morgan fingerprint density at radius 2 is 2.14 bits per heavy atom. The van der Waals surface area contributed by atoms with E-state index in [9.17, 15) is 9.59 Å². The lowest BCUT2D eigenvalue weighted by molar-refractivity contribution is -0.141. The van der Waals surface area contributed by atoms with Crippen LogP contribution >= 0.6 is 0 Å². The zero-order valence-corrected chi connectivity index (χ0v) is 12.0. The largest absolute Gasteiger partial charge is 0.481 e. The summed E-state index contributed by atoms with van der Waals surface area (Å²) >= 11 is 0. The summed E-state index contributed by atoms with van der Waals surface area (Å²) in [6, 6.07) is 6.46. The fourth-order valence-corrected chi connectivity index (χ4v) is 1.60. The van der Waals surface area contributed by atoms with Crippen molar-refractivity contribution in [1.29, 1.82) is 0 Å². The molecule has 112 valence electrons. The van der Waals surface area contributed by atoms with Crippen molar-refractivity contribution in [3.05, 3.63) is 24.3 Å². The number of carbonyl (C=O) groups is 2. The van der Waals surface area contributed by atoms with Crippen LogP contribution in [0.4, 0.5) is 10.5 Å². The topological polar surface area (TPSA) is 78.9 Å². The average molecular weight is 290 g/mol. The highest BCUT2D eigenvalue weighted by Gasteiger charge is 2.18. The van der Waals surface area contributed by atoms with E-state index >= 15 is 0 Å². The smallest absolute Gasteiger partial charge is 0.321 e. The zero-order valence-electron chi connectivity index (χ0n) is 12.0. The van der Waals surface area contributed by atoms with E-state index in [-0.39, 0.29) is 13.2 Å². The van der Waals surface area contributed by atoms with Crippen LogP contribution in [0.2, 0.25) is 0 Å². The molecule has 0 radical (unpaired) electrons. The van der Waals surface area contributed by atoms with E-state index in [4.69, 9.17) is 16.3 Å². The van der Waals surface area contributed by atoms with Crippen LogP contribution in [0.1, 0.15) is 6.92 Å². The van der Waals surface area contributed by atoms with Crippen molar-refractivity contribution in [1.82, 2.24) is 4.90 Å². The van der Waals surface area contributed by atoms with Crippen LogP contribution in [0.5, 0.6) is 5.75 Å². The normalized spacial score (nSPS) is 11.1. The summed E-state index contributed by atoms with van der Waals surface area (Å²) < 4.78 is 5.32. The number of amides is 2. The lowest BCUT2D eigenvalue weighted by Crippen LogP contribution is -2.36. The molecular formula is C15H18N2O4. The van der Waals surface area contributed by atoms with Gasteiger partial charge in [0.2, 0.25) is 0 Å². The number of benzene rings is 1. The number of carboxylic acids is 1. The number of hydrogen-bond acceptors (Lipinski definition) is 3. The van der Waals surface area contributed by atoms with Gasteiger partial charge in [-0.05, 0) is 12.1 Å². The van der Waals surface area contributed by atoms with Crippen LogP contribution < -0.4 is 10.1 Å². The van der Waals surface area contributed by atoms with E-state index in [1.165, 1.54) is 18.9 Å². The van der Waals surface area contributed by atoms with Gasteiger partial charge in [0.15, 0.2) is 0 Å². The third-order valence-electron chi connectivity index (χ3n) is 2.76. The molecule has 1 aromatic carbocycles. The first-order valence-corrected chi connectivity index (χ1v) is 6.36. The predicted molar refractivity (Wildman–Crippen MR) is 79.2 cm³/mol. The molecule has 1 aromatic rings. The number of rotatable bonds is 6. The van der Waals surface area contributed by atoms with E-state index < -0.39 is 17.9 Å². The Labute approximate surface area is 123 Å². The number of para-hydroxylation sites is 2. The van der Waals surface area contributed by atoms with Gasteiger partial charge in [0.1, 0.15) is 12.4 Å². The average Bonchev–Trinajstić information content (AvgIpc) is 2.46. The molecule has 0 aliphatic heterocycles. The fourth-order valence-electron chi connectivity index (χ4n) is 1.60. The monoisotopic (exact) mass is 290 g/mol. The highest BCUT2D eigenvalue weighted by atomic mass is 16.5. The van der Waals surface area contributed by atoms with Crippen LogP contribution in [-0.2, 0) is 4.79 Å². The minimum Gasteiger partial charge on any atom is -0.481 e. The molecular weight excluding hydrogens is 272 g/mol. The van der Waals surface area contributed by atoms with Gasteiger partial charge in [-0.1, -0.05) is 25.0 Å². The molecule has 1 unspecified atom stereocenters. The van der Waals surface area contributed by atoms with E-state index in [1.54, 1.807) is 24.3 Å². The maximum atomic E-state index is 12.0. The van der Waals surface area contributed by atoms with E-state index in [0.29, 0.717) is 11.4 Å². The predicted octanol–water partition coefficient (Wildman–Crippen LogP) is 1.88. The number of carbonyl (C=O) groups excluding carboxylic acids is 1. The number of anilines is 1. The second kappa shape index (κ2) is 7.80. The summed E-state index contributed by atoms with van der Waals surface area (Å²) in [4.78, 5) is 24.1. The zero-order chi connectivity index (χ0) is 15.8. The van der Waals surface area contributed by atoms with Crippen molar-refractivity contribution in [2.45, 2.75) is 6.92 Å². The standard InChI is InChI=1S/C15H18N2O4/c1-4-9-21-13-8-6-5-7-12(13)16-15(20)17(3)10-11(2)14(18)19/h1,5-8,11H,9-10H2,2-3H3,(H,16,20)(H,18,19). The highest BCUT2D eigenvalue weighted by Crippen LogP contribution is 2.23. The van der Waals surface area contributed by atoms with Gasteiger partial charge in [-0.3, -0.25) is 4.79 Å². The molecule has 21 heavy (non-hydrogen) atoms. The summed E-state index contributed by atoms with van der Waals surface area (Å²) in [6.45, 7) is 1.74. The van der Waals surface area contributed by atoms with Crippen LogP contribution in [0, 0.1) is 18.3 Å². The van der Waals surface area contributed by atoms with Gasteiger partial charge in [-0.25, -0.2) is 4.79 Å². The molecule has 0 spiro atoms. The molecule has 0 aliphatic carbocycles. The Kier molecular flexibility index (Phi) is 6.08. The molecule has 0 bridgehead atoms. The number of terminal acetylenes is 1. The lowest BCUT2D eigenvalue weighted by Gasteiger charge is -2.20. The molecule has 0 heterocycles. The summed E-state index contributed by atoms with van der Waals surface area (Å²) in [7, 11) is 1.53. The Bertz CT molecular complexity index is 551. The van der Waals surface area contributed by atoms with Crippen LogP contribution in [0.3, 0.4) is 0 Å². The maximum absolute atomic E-state index is 12.0. The van der Waals surface area contributed by atoms with Crippen molar-refractivity contribution in [2.24, 2.45) is 5.92 Å². The second-order valence-electron chi connectivity index (χ2n) is 4.54. The number of urea groups is 1. The quantitative estimate of drug-likeness (QED) is 0.784. The number of aliphatic carboxylic acids is 1. The molecule has 1 atom stereocenters. The van der Waals surface area contributed by atoms with Crippen LogP contribution in [0.25, 0.3) is 0 Å². The van der Waals surface area contributed by atoms with E-state index in [1.807, 2.05) is 0 Å². The SMILES string of the molecule is C#CCOc1ccccc1NC(=O)N(C)CC(C)C(=O)O. The molecule has 2 amide bonds. The molecule has 0 saturated heterocycles. The fraction of sp³-hybridized carbons (Fsp3) is 0.333. The minimum absolute atomic E-state index is 0.0960. The van der Waals surface area contributed by atoms with Crippen molar-refractivity contribution in [3.8, 4) is 18.1 Å². The molecule has 1 rings (SSSR count). The first-order valence-electron chi connectivity index (χ1n) is 6.36. The minimum atomic E-state index is -0.951. The Balaban J connectivity index is 2.70. The highest BCUT2D eigenvalue weighted by molar-refractivity contribution is 5.91. The second-order valence-corrected chi connectivity index (χ2v) is 4.54. The number of carboxylic acid groups (broad SMARTS) is 1. The molecule has 2 N–H and O–H groups in total. The van der Waals surface area contributed by atoms with Gasteiger partial charge in [0.25, 0.3) is 0 Å². The van der Waals surface area contributed by atoms with Crippen molar-refractivity contribution < 1.29 is 19.4 Å². The number of nitrogens with zero attached hydrogens (tertiary/aromatic N) is 1. The molecule has 6 nitrogen and oxygen atoms in total. The molecule has 6 heteroatoms. The first kappa shape index (κ1) is 16.4. The number of nitrogens with one attached hydrogen (secondary N) is 1. The molecule has 0 aromatic heterocycles. The first-order chi connectivity index (χ1) is 9.95. The van der Waals surface area contributed by atoms with Gasteiger partial charge in [-0.2, -0.15) is 0 Å². The van der Waals surface area contributed by atoms with Gasteiger partial charge >= 0.3 is 12.0 Å². The van der Waals surface area contributed by atoms with E-state index in [2.05, 4.69) is 11.2 Å². The summed E-state index contributed by atoms with van der Waals surface area (Å²) in [5.41, 5.74) is 0.479.